The molecule has 0 rings (SSSR count). The maximum Gasteiger partial charge on any atom is 0.308 e. The highest BCUT2D eigenvalue weighted by Gasteiger charge is 2.27. The van der Waals surface area contributed by atoms with Gasteiger partial charge in [0.25, 0.3) is 0 Å². The maximum atomic E-state index is 14.0. The first-order valence-electron chi connectivity index (χ1n) is 22.7. The number of unbranched alkanes of at least 4 members (excludes halogenated alkanes) is 16. The van der Waals surface area contributed by atoms with Gasteiger partial charge in [0.2, 0.25) is 5.91 Å². The third kappa shape index (κ3) is 26.2. The molecule has 7 nitrogen and oxygen atoms in total. The molecule has 7 heteroatoms. The number of carbonyl (C=O) groups excluding carboxylic acids is 3. The van der Waals surface area contributed by atoms with Crippen LogP contribution in [-0.2, 0) is 23.9 Å². The Hall–Kier alpha value is -1.63. The van der Waals surface area contributed by atoms with Gasteiger partial charge < -0.3 is 14.4 Å². The Kier molecular flexibility index (Phi) is 35.2. The van der Waals surface area contributed by atoms with Gasteiger partial charge >= 0.3 is 11.9 Å². The number of carbonyl (C=O) groups is 3. The van der Waals surface area contributed by atoms with E-state index in [2.05, 4.69) is 46.4 Å². The van der Waals surface area contributed by atoms with Gasteiger partial charge in [0.15, 0.2) is 0 Å². The molecule has 0 aromatic carbocycles. The summed E-state index contributed by atoms with van der Waals surface area (Å²) < 4.78 is 11.9. The molecule has 0 aliphatic heterocycles. The number of hydrogen-bond donors (Lipinski definition) is 0. The van der Waals surface area contributed by atoms with E-state index >= 15 is 0 Å². The van der Waals surface area contributed by atoms with E-state index < -0.39 is 0 Å². The number of hydrogen-bond acceptors (Lipinski definition) is 6. The molecule has 1 amide bonds. The van der Waals surface area contributed by atoms with Crippen LogP contribution in [0, 0.1) is 11.8 Å². The van der Waals surface area contributed by atoms with Crippen LogP contribution in [0.2, 0.25) is 0 Å². The molecule has 52 heavy (non-hydrogen) atoms. The molecule has 0 aromatic rings. The molecule has 0 aliphatic rings. The van der Waals surface area contributed by atoms with Gasteiger partial charge in [0.1, 0.15) is 13.2 Å². The lowest BCUT2D eigenvalue weighted by molar-refractivity contribution is -0.153. The Morgan fingerprint density at radius 3 is 1.06 bits per heavy atom. The SMILES string of the molecule is CCCCCCCCC(CCCCCC)C(=O)OCCN(CCOC(=O)C(CCCCCC)CCCCCCCC)C(=O)C(C)N(CCC)CCC. The van der Waals surface area contributed by atoms with E-state index in [0.29, 0.717) is 13.1 Å². The second kappa shape index (κ2) is 36.4. The maximum absolute atomic E-state index is 14.0. The number of amides is 1. The molecule has 3 atom stereocenters. The van der Waals surface area contributed by atoms with Gasteiger partial charge in [-0.05, 0) is 58.5 Å². The largest absolute Gasteiger partial charge is 0.464 e. The van der Waals surface area contributed by atoms with Gasteiger partial charge in [-0.25, -0.2) is 0 Å². The summed E-state index contributed by atoms with van der Waals surface area (Å²) in [6.45, 7) is 17.9. The summed E-state index contributed by atoms with van der Waals surface area (Å²) in [7, 11) is 0. The lowest BCUT2D eigenvalue weighted by Gasteiger charge is -2.32. The average Bonchev–Trinajstić information content (AvgIpc) is 3.14. The van der Waals surface area contributed by atoms with Crippen molar-refractivity contribution in [3.8, 4) is 0 Å². The summed E-state index contributed by atoms with van der Waals surface area (Å²) in [6, 6.07) is -0.288. The van der Waals surface area contributed by atoms with E-state index in [1.54, 1.807) is 4.90 Å². The van der Waals surface area contributed by atoms with Crippen LogP contribution in [0.5, 0.6) is 0 Å². The zero-order valence-electron chi connectivity index (χ0n) is 35.8. The smallest absolute Gasteiger partial charge is 0.308 e. The van der Waals surface area contributed by atoms with Gasteiger partial charge in [0.05, 0.1) is 31.0 Å². The molecule has 0 N–H and O–H groups in total. The van der Waals surface area contributed by atoms with Crippen LogP contribution in [0.4, 0.5) is 0 Å². The Morgan fingerprint density at radius 1 is 0.423 bits per heavy atom. The van der Waals surface area contributed by atoms with Crippen molar-refractivity contribution in [1.29, 1.82) is 0 Å². The first-order valence-corrected chi connectivity index (χ1v) is 22.7. The van der Waals surface area contributed by atoms with Crippen LogP contribution < -0.4 is 0 Å². The first-order chi connectivity index (χ1) is 25.3. The highest BCUT2D eigenvalue weighted by Crippen LogP contribution is 2.22. The zero-order valence-corrected chi connectivity index (χ0v) is 35.8. The Labute approximate surface area is 323 Å². The summed E-state index contributed by atoms with van der Waals surface area (Å²) in [6.07, 6.45) is 29.2. The van der Waals surface area contributed by atoms with Crippen molar-refractivity contribution < 1.29 is 23.9 Å². The molecule has 0 radical (unpaired) electrons. The number of esters is 2. The van der Waals surface area contributed by atoms with E-state index in [1.165, 1.54) is 89.9 Å². The summed E-state index contributed by atoms with van der Waals surface area (Å²) in [4.78, 5) is 44.8. The molecule has 0 aromatic heterocycles. The van der Waals surface area contributed by atoms with Gasteiger partial charge in [-0.3, -0.25) is 19.3 Å². The quantitative estimate of drug-likeness (QED) is 0.0464. The van der Waals surface area contributed by atoms with Crippen LogP contribution >= 0.6 is 0 Å². The van der Waals surface area contributed by atoms with Crippen molar-refractivity contribution in [3.05, 3.63) is 0 Å². The number of ether oxygens (including phenoxy) is 2. The van der Waals surface area contributed by atoms with Gasteiger partial charge in [-0.15, -0.1) is 0 Å². The van der Waals surface area contributed by atoms with Crippen molar-refractivity contribution in [1.82, 2.24) is 9.80 Å². The standard InChI is InChI=1S/C45H88N2O5/c1-8-14-18-22-24-28-32-41(30-26-20-16-10-3)44(49)51-38-36-47(43(48)40(7)46(34-12-5)35-13-6)37-39-52-45(50)42(31-27-21-17-11-4)33-29-25-23-19-15-9-2/h40-42H,8-39H2,1-7H3. The van der Waals surface area contributed by atoms with Gasteiger partial charge in [-0.2, -0.15) is 0 Å². The van der Waals surface area contributed by atoms with Crippen molar-refractivity contribution >= 4 is 17.8 Å². The van der Waals surface area contributed by atoms with E-state index in [1.807, 2.05) is 6.92 Å². The van der Waals surface area contributed by atoms with Crippen LogP contribution in [-0.4, -0.2) is 73.1 Å². The fourth-order valence-electron chi connectivity index (χ4n) is 7.31. The normalized spacial score (nSPS) is 13.2. The molecule has 0 aliphatic carbocycles. The fraction of sp³-hybridized carbons (Fsp3) is 0.933. The average molecular weight is 737 g/mol. The summed E-state index contributed by atoms with van der Waals surface area (Å²) in [5.74, 6) is -0.359. The van der Waals surface area contributed by atoms with Gasteiger partial charge in [-0.1, -0.05) is 170 Å². The Balaban J connectivity index is 5.51. The minimum atomic E-state index is -0.288. The van der Waals surface area contributed by atoms with E-state index in [9.17, 15) is 14.4 Å². The summed E-state index contributed by atoms with van der Waals surface area (Å²) in [5.41, 5.74) is 0. The highest BCUT2D eigenvalue weighted by molar-refractivity contribution is 5.81. The van der Waals surface area contributed by atoms with E-state index in [-0.39, 0.29) is 48.9 Å². The topological polar surface area (TPSA) is 76.1 Å². The molecule has 0 bridgehead atoms. The van der Waals surface area contributed by atoms with Crippen LogP contribution in [0.3, 0.4) is 0 Å². The van der Waals surface area contributed by atoms with Crippen molar-refractivity contribution in [2.75, 3.05) is 39.4 Å². The second-order valence-corrected chi connectivity index (χ2v) is 15.6. The molecule has 0 saturated carbocycles. The molecule has 3 unspecified atom stereocenters. The van der Waals surface area contributed by atoms with Crippen molar-refractivity contribution in [3.63, 3.8) is 0 Å². The molecular formula is C45H88N2O5. The van der Waals surface area contributed by atoms with Crippen LogP contribution in [0.15, 0.2) is 0 Å². The van der Waals surface area contributed by atoms with E-state index in [0.717, 1.165) is 90.1 Å². The molecular weight excluding hydrogens is 649 g/mol. The third-order valence-electron chi connectivity index (χ3n) is 10.7. The summed E-state index contributed by atoms with van der Waals surface area (Å²) >= 11 is 0. The minimum absolute atomic E-state index is 0.0142. The third-order valence-corrected chi connectivity index (χ3v) is 10.7. The molecule has 0 saturated heterocycles. The monoisotopic (exact) mass is 737 g/mol. The predicted octanol–water partition coefficient (Wildman–Crippen LogP) is 12.1. The van der Waals surface area contributed by atoms with Crippen LogP contribution in [0.1, 0.15) is 215 Å². The molecule has 0 spiro atoms. The Morgan fingerprint density at radius 2 is 0.731 bits per heavy atom. The lowest BCUT2D eigenvalue weighted by Crippen LogP contribution is -2.49. The number of rotatable bonds is 38. The minimum Gasteiger partial charge on any atom is -0.464 e. The Bertz CT molecular complexity index is 781. The lowest BCUT2D eigenvalue weighted by atomic mass is 9.94. The molecule has 0 fully saturated rings. The van der Waals surface area contributed by atoms with Crippen molar-refractivity contribution in [2.45, 2.75) is 221 Å². The molecule has 0 heterocycles. The zero-order chi connectivity index (χ0) is 38.7. The molecule has 308 valence electrons. The number of nitrogens with zero attached hydrogens (tertiary/aromatic N) is 2. The fourth-order valence-corrected chi connectivity index (χ4v) is 7.31. The van der Waals surface area contributed by atoms with Crippen LogP contribution in [0.25, 0.3) is 0 Å². The first kappa shape index (κ1) is 50.4. The predicted molar refractivity (Wildman–Crippen MR) is 221 cm³/mol. The highest BCUT2D eigenvalue weighted by atomic mass is 16.5. The van der Waals surface area contributed by atoms with Gasteiger partial charge in [0, 0.05) is 0 Å². The van der Waals surface area contributed by atoms with Crippen molar-refractivity contribution in [2.24, 2.45) is 11.8 Å². The summed E-state index contributed by atoms with van der Waals surface area (Å²) in [5, 5.41) is 0. The van der Waals surface area contributed by atoms with E-state index in [4.69, 9.17) is 9.47 Å². The second-order valence-electron chi connectivity index (χ2n) is 15.6.